The molecular weight excluding hydrogens is 276 g/mol. The standard InChI is InChI=1S/C12H16N6OS/c1-8-6-20-12(16-8)17-11(19)4-13-9-2-3-10-14-7-15-18(10)5-9/h6-7,9,13H,2-5H2,1H3,(H,16,17,19). The molecule has 2 aromatic heterocycles. The molecule has 2 aromatic rings. The molecule has 1 unspecified atom stereocenters. The van der Waals surface area contributed by atoms with Crippen molar-refractivity contribution in [3.8, 4) is 0 Å². The van der Waals surface area contributed by atoms with Crippen LogP contribution < -0.4 is 10.6 Å². The van der Waals surface area contributed by atoms with Crippen LogP contribution in [0.3, 0.4) is 0 Å². The summed E-state index contributed by atoms with van der Waals surface area (Å²) in [5.74, 6) is 0.953. The van der Waals surface area contributed by atoms with Crippen molar-refractivity contribution in [2.24, 2.45) is 0 Å². The van der Waals surface area contributed by atoms with E-state index < -0.39 is 0 Å². The second-order valence-corrected chi connectivity index (χ2v) is 5.68. The molecule has 2 N–H and O–H groups in total. The number of hydrogen-bond acceptors (Lipinski definition) is 6. The molecule has 8 heteroatoms. The fourth-order valence-corrected chi connectivity index (χ4v) is 2.92. The third-order valence-electron chi connectivity index (χ3n) is 3.22. The smallest absolute Gasteiger partial charge is 0.240 e. The van der Waals surface area contributed by atoms with Crippen molar-refractivity contribution in [1.29, 1.82) is 0 Å². The quantitative estimate of drug-likeness (QED) is 0.861. The monoisotopic (exact) mass is 292 g/mol. The third kappa shape index (κ3) is 3.02. The van der Waals surface area contributed by atoms with Crippen LogP contribution >= 0.6 is 11.3 Å². The zero-order chi connectivity index (χ0) is 13.9. The summed E-state index contributed by atoms with van der Waals surface area (Å²) in [6, 6.07) is 0.257. The van der Waals surface area contributed by atoms with Gasteiger partial charge < -0.3 is 10.6 Å². The van der Waals surface area contributed by atoms with Crippen LogP contribution in [0, 0.1) is 6.92 Å². The Hall–Kier alpha value is -1.80. The van der Waals surface area contributed by atoms with Crippen molar-refractivity contribution in [1.82, 2.24) is 25.1 Å². The van der Waals surface area contributed by atoms with Gasteiger partial charge in [0.1, 0.15) is 12.2 Å². The minimum absolute atomic E-state index is 0.0660. The van der Waals surface area contributed by atoms with E-state index in [1.807, 2.05) is 17.0 Å². The van der Waals surface area contributed by atoms with Gasteiger partial charge in [-0.25, -0.2) is 14.6 Å². The van der Waals surface area contributed by atoms with Crippen LogP contribution in [-0.4, -0.2) is 38.2 Å². The van der Waals surface area contributed by atoms with Crippen LogP contribution in [0.1, 0.15) is 17.9 Å². The molecule has 3 heterocycles. The van der Waals surface area contributed by atoms with Gasteiger partial charge in [-0.15, -0.1) is 11.3 Å². The Morgan fingerprint density at radius 3 is 3.30 bits per heavy atom. The first-order valence-electron chi connectivity index (χ1n) is 6.53. The number of amides is 1. The Labute approximate surface area is 120 Å². The van der Waals surface area contributed by atoms with E-state index in [4.69, 9.17) is 0 Å². The van der Waals surface area contributed by atoms with Crippen molar-refractivity contribution in [3.05, 3.63) is 23.2 Å². The molecule has 1 aliphatic rings. The van der Waals surface area contributed by atoms with Crippen molar-refractivity contribution < 1.29 is 4.79 Å². The van der Waals surface area contributed by atoms with Gasteiger partial charge >= 0.3 is 0 Å². The Morgan fingerprint density at radius 2 is 2.50 bits per heavy atom. The van der Waals surface area contributed by atoms with Crippen LogP contribution in [0.2, 0.25) is 0 Å². The number of carbonyl (C=O) groups excluding carboxylic acids is 1. The zero-order valence-corrected chi connectivity index (χ0v) is 12.0. The Bertz CT molecular complexity index is 607. The molecule has 20 heavy (non-hydrogen) atoms. The highest BCUT2D eigenvalue weighted by molar-refractivity contribution is 7.13. The van der Waals surface area contributed by atoms with Gasteiger partial charge in [0, 0.05) is 17.8 Å². The SMILES string of the molecule is Cc1csc(NC(=O)CNC2CCc3ncnn3C2)n1. The van der Waals surface area contributed by atoms with Gasteiger partial charge in [-0.1, -0.05) is 0 Å². The van der Waals surface area contributed by atoms with E-state index in [0.717, 1.165) is 30.9 Å². The first-order chi connectivity index (χ1) is 9.70. The number of anilines is 1. The lowest BCUT2D eigenvalue weighted by Crippen LogP contribution is -2.41. The highest BCUT2D eigenvalue weighted by atomic mass is 32.1. The molecule has 0 bridgehead atoms. The molecule has 0 fully saturated rings. The molecule has 0 radical (unpaired) electrons. The van der Waals surface area contributed by atoms with E-state index in [2.05, 4.69) is 25.7 Å². The number of aryl methyl sites for hydroxylation is 2. The minimum atomic E-state index is -0.0660. The van der Waals surface area contributed by atoms with E-state index >= 15 is 0 Å². The first-order valence-corrected chi connectivity index (χ1v) is 7.41. The molecular formula is C12H16N6OS. The van der Waals surface area contributed by atoms with E-state index in [1.165, 1.54) is 11.3 Å². The molecule has 0 spiro atoms. The molecule has 1 atom stereocenters. The lowest BCUT2D eigenvalue weighted by Gasteiger charge is -2.23. The molecule has 106 valence electrons. The highest BCUT2D eigenvalue weighted by Gasteiger charge is 2.20. The molecule has 0 aromatic carbocycles. The lowest BCUT2D eigenvalue weighted by atomic mass is 10.1. The summed E-state index contributed by atoms with van der Waals surface area (Å²) >= 11 is 1.44. The number of rotatable bonds is 4. The lowest BCUT2D eigenvalue weighted by molar-refractivity contribution is -0.115. The Kier molecular flexibility index (Phi) is 3.75. The molecule has 1 amide bonds. The van der Waals surface area contributed by atoms with E-state index in [9.17, 15) is 4.79 Å². The maximum absolute atomic E-state index is 11.8. The number of fused-ring (bicyclic) bond motifs is 1. The fraction of sp³-hybridized carbons (Fsp3) is 0.500. The van der Waals surface area contributed by atoms with Gasteiger partial charge in [0.25, 0.3) is 0 Å². The summed E-state index contributed by atoms with van der Waals surface area (Å²) in [5.41, 5.74) is 0.921. The van der Waals surface area contributed by atoms with Gasteiger partial charge in [0.15, 0.2) is 5.13 Å². The summed E-state index contributed by atoms with van der Waals surface area (Å²) in [6.45, 7) is 2.95. The predicted octanol–water partition coefficient (Wildman–Crippen LogP) is 0.586. The summed E-state index contributed by atoms with van der Waals surface area (Å²) in [6.07, 6.45) is 3.45. The predicted molar refractivity (Wildman–Crippen MR) is 75.6 cm³/mol. The van der Waals surface area contributed by atoms with E-state index in [0.29, 0.717) is 5.13 Å². The average molecular weight is 292 g/mol. The summed E-state index contributed by atoms with van der Waals surface area (Å²) < 4.78 is 1.89. The van der Waals surface area contributed by atoms with Crippen molar-refractivity contribution in [2.75, 3.05) is 11.9 Å². The molecule has 0 saturated heterocycles. The van der Waals surface area contributed by atoms with Gasteiger partial charge in [-0.05, 0) is 13.3 Å². The maximum atomic E-state index is 11.8. The maximum Gasteiger partial charge on any atom is 0.240 e. The van der Waals surface area contributed by atoms with Crippen molar-refractivity contribution >= 4 is 22.4 Å². The largest absolute Gasteiger partial charge is 0.304 e. The Morgan fingerprint density at radius 1 is 1.60 bits per heavy atom. The van der Waals surface area contributed by atoms with Crippen LogP contribution in [0.25, 0.3) is 0 Å². The second kappa shape index (κ2) is 5.68. The summed E-state index contributed by atoms with van der Waals surface area (Å²) in [4.78, 5) is 20.2. The average Bonchev–Trinajstić information content (AvgIpc) is 3.04. The molecule has 0 saturated carbocycles. The summed E-state index contributed by atoms with van der Waals surface area (Å²) in [7, 11) is 0. The topological polar surface area (TPSA) is 84.7 Å². The van der Waals surface area contributed by atoms with Gasteiger partial charge in [0.05, 0.1) is 18.8 Å². The summed E-state index contributed by atoms with van der Waals surface area (Å²) in [5, 5.41) is 12.8. The number of thiazole rings is 1. The minimum Gasteiger partial charge on any atom is -0.304 e. The van der Waals surface area contributed by atoms with Gasteiger partial charge in [0.2, 0.25) is 5.91 Å². The number of aromatic nitrogens is 4. The van der Waals surface area contributed by atoms with Gasteiger partial charge in [-0.3, -0.25) is 4.79 Å². The fourth-order valence-electron chi connectivity index (χ4n) is 2.22. The van der Waals surface area contributed by atoms with Crippen molar-refractivity contribution in [3.63, 3.8) is 0 Å². The molecule has 3 rings (SSSR count). The second-order valence-electron chi connectivity index (χ2n) is 4.82. The third-order valence-corrected chi connectivity index (χ3v) is 4.10. The number of nitrogens with zero attached hydrogens (tertiary/aromatic N) is 4. The zero-order valence-electron chi connectivity index (χ0n) is 11.2. The first kappa shape index (κ1) is 13.2. The number of hydrogen-bond donors (Lipinski definition) is 2. The van der Waals surface area contributed by atoms with Crippen LogP contribution in [-0.2, 0) is 17.8 Å². The highest BCUT2D eigenvalue weighted by Crippen LogP contribution is 2.14. The van der Waals surface area contributed by atoms with Crippen LogP contribution in [0.5, 0.6) is 0 Å². The Balaban J connectivity index is 1.47. The van der Waals surface area contributed by atoms with Crippen LogP contribution in [0.15, 0.2) is 11.7 Å². The van der Waals surface area contributed by atoms with E-state index in [1.54, 1.807) is 6.33 Å². The molecule has 1 aliphatic heterocycles. The van der Waals surface area contributed by atoms with Gasteiger partial charge in [-0.2, -0.15) is 5.10 Å². The van der Waals surface area contributed by atoms with E-state index in [-0.39, 0.29) is 18.5 Å². The number of nitrogens with one attached hydrogen (secondary N) is 2. The number of carbonyl (C=O) groups is 1. The molecule has 0 aliphatic carbocycles. The van der Waals surface area contributed by atoms with Crippen LogP contribution in [0.4, 0.5) is 5.13 Å². The molecule has 7 nitrogen and oxygen atoms in total. The normalized spacial score (nSPS) is 17.8. The van der Waals surface area contributed by atoms with Crippen molar-refractivity contribution in [2.45, 2.75) is 32.4 Å².